The Morgan fingerprint density at radius 2 is 2.09 bits per heavy atom. The molecule has 120 valence electrons. The highest BCUT2D eigenvalue weighted by Crippen LogP contribution is 2.34. The lowest BCUT2D eigenvalue weighted by Crippen LogP contribution is -2.45. The van der Waals surface area contributed by atoms with Crippen molar-refractivity contribution in [1.82, 2.24) is 19.6 Å². The van der Waals surface area contributed by atoms with Crippen LogP contribution in [0.25, 0.3) is 0 Å². The zero-order valence-corrected chi connectivity index (χ0v) is 13.4. The minimum absolute atomic E-state index is 0.230. The largest absolute Gasteiger partial charge is 0.339 e. The summed E-state index contributed by atoms with van der Waals surface area (Å²) in [7, 11) is 0. The van der Waals surface area contributed by atoms with Crippen LogP contribution in [0.2, 0.25) is 0 Å². The molecular formula is C17H26N4O. The van der Waals surface area contributed by atoms with Crippen molar-refractivity contribution in [2.45, 2.75) is 45.2 Å². The summed E-state index contributed by atoms with van der Waals surface area (Å²) in [4.78, 5) is 17.4. The lowest BCUT2D eigenvalue weighted by Gasteiger charge is -2.36. The van der Waals surface area contributed by atoms with Gasteiger partial charge in [0.1, 0.15) is 6.54 Å². The number of amides is 1. The number of piperidine rings is 1. The van der Waals surface area contributed by atoms with E-state index in [0.29, 0.717) is 18.5 Å². The molecule has 4 heterocycles. The van der Waals surface area contributed by atoms with E-state index >= 15 is 0 Å². The predicted molar refractivity (Wildman–Crippen MR) is 84.4 cm³/mol. The molecule has 1 saturated carbocycles. The van der Waals surface area contributed by atoms with Gasteiger partial charge in [0.25, 0.3) is 0 Å². The van der Waals surface area contributed by atoms with Crippen molar-refractivity contribution < 1.29 is 4.79 Å². The molecule has 4 aliphatic rings. The van der Waals surface area contributed by atoms with Crippen LogP contribution in [0.1, 0.15) is 31.2 Å². The zero-order valence-electron chi connectivity index (χ0n) is 13.4. The van der Waals surface area contributed by atoms with Gasteiger partial charge in [-0.15, -0.1) is 0 Å². The maximum absolute atomic E-state index is 12.6. The Morgan fingerprint density at radius 3 is 2.82 bits per heavy atom. The molecule has 0 aromatic carbocycles. The standard InChI is InChI=1S/C17H26N4O/c1-13-6-18-21(7-13)12-17(22)20-10-15-4-5-16(11-20)19(9-15)8-14-2-3-14/h6-7,14-16H,2-5,8-12H2,1H3/t15-,16-/m0/s1. The van der Waals surface area contributed by atoms with Gasteiger partial charge in [-0.3, -0.25) is 14.4 Å². The molecule has 1 aliphatic carbocycles. The van der Waals surface area contributed by atoms with E-state index in [1.807, 2.05) is 19.3 Å². The molecule has 22 heavy (non-hydrogen) atoms. The molecule has 2 atom stereocenters. The summed E-state index contributed by atoms with van der Waals surface area (Å²) < 4.78 is 1.77. The fourth-order valence-corrected chi connectivity index (χ4v) is 4.03. The van der Waals surface area contributed by atoms with Crippen LogP contribution >= 0.6 is 0 Å². The molecule has 4 fully saturated rings. The first-order chi connectivity index (χ1) is 10.7. The van der Waals surface area contributed by atoms with Crippen LogP contribution in [-0.2, 0) is 11.3 Å². The molecule has 5 rings (SSSR count). The number of carbonyl (C=O) groups excluding carboxylic acids is 1. The summed E-state index contributed by atoms with van der Waals surface area (Å²) in [5, 5.41) is 4.25. The second-order valence-electron chi connectivity index (χ2n) is 7.51. The zero-order chi connectivity index (χ0) is 15.1. The van der Waals surface area contributed by atoms with Crippen molar-refractivity contribution >= 4 is 5.91 Å². The van der Waals surface area contributed by atoms with E-state index in [2.05, 4.69) is 14.9 Å². The molecule has 3 aliphatic heterocycles. The average Bonchev–Trinajstić information content (AvgIpc) is 3.27. The highest BCUT2D eigenvalue weighted by molar-refractivity contribution is 5.76. The topological polar surface area (TPSA) is 41.4 Å². The Hall–Kier alpha value is -1.36. The average molecular weight is 302 g/mol. The normalized spacial score (nSPS) is 28.9. The first-order valence-corrected chi connectivity index (χ1v) is 8.68. The fourth-order valence-electron chi connectivity index (χ4n) is 4.03. The third kappa shape index (κ3) is 3.05. The number of hydrogen-bond donors (Lipinski definition) is 0. The number of aryl methyl sites for hydroxylation is 1. The monoisotopic (exact) mass is 302 g/mol. The number of nitrogens with zero attached hydrogens (tertiary/aromatic N) is 4. The Morgan fingerprint density at radius 1 is 1.23 bits per heavy atom. The molecule has 5 heteroatoms. The van der Waals surface area contributed by atoms with Crippen molar-refractivity contribution in [3.63, 3.8) is 0 Å². The van der Waals surface area contributed by atoms with E-state index in [1.54, 1.807) is 4.68 Å². The summed E-state index contributed by atoms with van der Waals surface area (Å²) in [6.07, 6.45) is 9.14. The molecular weight excluding hydrogens is 276 g/mol. The molecule has 1 aromatic rings. The summed E-state index contributed by atoms with van der Waals surface area (Å²) in [6, 6.07) is 0.586. The minimum atomic E-state index is 0.230. The van der Waals surface area contributed by atoms with Gasteiger partial charge in [0.15, 0.2) is 0 Å². The molecule has 3 saturated heterocycles. The fraction of sp³-hybridized carbons (Fsp3) is 0.765. The lowest BCUT2D eigenvalue weighted by atomic mass is 9.95. The highest BCUT2D eigenvalue weighted by atomic mass is 16.2. The Kier molecular flexibility index (Phi) is 3.68. The molecule has 2 bridgehead atoms. The number of hydrogen-bond acceptors (Lipinski definition) is 3. The van der Waals surface area contributed by atoms with Crippen molar-refractivity contribution in [3.05, 3.63) is 18.0 Å². The van der Waals surface area contributed by atoms with Crippen LogP contribution in [0.15, 0.2) is 12.4 Å². The number of fused-ring (bicyclic) bond motifs is 4. The molecule has 0 N–H and O–H groups in total. The maximum atomic E-state index is 12.6. The molecule has 5 nitrogen and oxygen atoms in total. The van der Waals surface area contributed by atoms with Gasteiger partial charge in [-0.05, 0) is 50.0 Å². The second kappa shape index (κ2) is 5.69. The van der Waals surface area contributed by atoms with Gasteiger partial charge >= 0.3 is 0 Å². The van der Waals surface area contributed by atoms with Gasteiger partial charge in [-0.1, -0.05) is 0 Å². The molecule has 0 spiro atoms. The van der Waals surface area contributed by atoms with Crippen LogP contribution < -0.4 is 0 Å². The number of aromatic nitrogens is 2. The third-order valence-electron chi connectivity index (χ3n) is 5.43. The Labute approximate surface area is 132 Å². The summed E-state index contributed by atoms with van der Waals surface area (Å²) in [5.41, 5.74) is 1.11. The second-order valence-corrected chi connectivity index (χ2v) is 7.51. The minimum Gasteiger partial charge on any atom is -0.339 e. The Balaban J connectivity index is 1.41. The van der Waals surface area contributed by atoms with E-state index in [4.69, 9.17) is 0 Å². The van der Waals surface area contributed by atoms with E-state index < -0.39 is 0 Å². The lowest BCUT2D eigenvalue weighted by molar-refractivity contribution is -0.132. The molecule has 1 amide bonds. The van der Waals surface area contributed by atoms with E-state index in [9.17, 15) is 4.79 Å². The van der Waals surface area contributed by atoms with Gasteiger partial charge in [-0.25, -0.2) is 0 Å². The smallest absolute Gasteiger partial charge is 0.244 e. The van der Waals surface area contributed by atoms with E-state index in [1.165, 1.54) is 38.8 Å². The first-order valence-electron chi connectivity index (χ1n) is 8.68. The highest BCUT2D eigenvalue weighted by Gasteiger charge is 2.38. The predicted octanol–water partition coefficient (Wildman–Crippen LogP) is 1.52. The SMILES string of the molecule is Cc1cnn(CC(=O)N2C[C@H]3CC[C@@H](C2)N(CC2CC2)C3)c1. The Bertz CT molecular complexity index is 551. The van der Waals surface area contributed by atoms with Crippen molar-refractivity contribution in [2.75, 3.05) is 26.2 Å². The van der Waals surface area contributed by atoms with Crippen molar-refractivity contribution in [1.29, 1.82) is 0 Å². The van der Waals surface area contributed by atoms with Crippen LogP contribution in [-0.4, -0.2) is 57.7 Å². The number of rotatable bonds is 4. The van der Waals surface area contributed by atoms with Gasteiger partial charge in [0.2, 0.25) is 5.91 Å². The van der Waals surface area contributed by atoms with Crippen molar-refractivity contribution in [2.24, 2.45) is 11.8 Å². The van der Waals surface area contributed by atoms with Gasteiger partial charge in [0, 0.05) is 38.4 Å². The summed E-state index contributed by atoms with van der Waals surface area (Å²) in [5.74, 6) is 1.84. The van der Waals surface area contributed by atoms with Crippen LogP contribution in [0.3, 0.4) is 0 Å². The quantitative estimate of drug-likeness (QED) is 0.847. The van der Waals surface area contributed by atoms with Crippen LogP contribution in [0, 0.1) is 18.8 Å². The van der Waals surface area contributed by atoms with Gasteiger partial charge in [-0.2, -0.15) is 5.10 Å². The van der Waals surface area contributed by atoms with Gasteiger partial charge < -0.3 is 4.90 Å². The van der Waals surface area contributed by atoms with E-state index in [0.717, 1.165) is 24.6 Å². The van der Waals surface area contributed by atoms with E-state index in [-0.39, 0.29) is 5.91 Å². The first kappa shape index (κ1) is 14.2. The summed E-state index contributed by atoms with van der Waals surface area (Å²) in [6.45, 7) is 6.72. The molecule has 0 radical (unpaired) electrons. The van der Waals surface area contributed by atoms with Gasteiger partial charge in [0.05, 0.1) is 6.20 Å². The molecule has 0 unspecified atom stereocenters. The maximum Gasteiger partial charge on any atom is 0.244 e. The van der Waals surface area contributed by atoms with Crippen LogP contribution in [0.5, 0.6) is 0 Å². The van der Waals surface area contributed by atoms with Crippen LogP contribution in [0.4, 0.5) is 0 Å². The van der Waals surface area contributed by atoms with Crippen molar-refractivity contribution in [3.8, 4) is 0 Å². The molecule has 1 aromatic heterocycles. The third-order valence-corrected chi connectivity index (χ3v) is 5.43. The summed E-state index contributed by atoms with van der Waals surface area (Å²) >= 11 is 0. The number of carbonyl (C=O) groups is 1.